The number of imidazole rings is 1. The van der Waals surface area contributed by atoms with Crippen molar-refractivity contribution in [2.45, 2.75) is 96.7 Å². The molecule has 3 aliphatic rings. The van der Waals surface area contributed by atoms with E-state index in [4.69, 9.17) is 18.9 Å². The van der Waals surface area contributed by atoms with Gasteiger partial charge in [-0.1, -0.05) is 13.8 Å². The summed E-state index contributed by atoms with van der Waals surface area (Å²) in [5.74, 6) is -1.71. The van der Waals surface area contributed by atoms with Crippen molar-refractivity contribution < 1.29 is 38.4 Å². The lowest BCUT2D eigenvalue weighted by Crippen LogP contribution is -2.59. The number of methoxy groups -OCH3 is 1. The molecule has 4 rings (SSSR count). The second-order valence-electron chi connectivity index (χ2n) is 15.9. The number of nitrogens with zero attached hydrogens (tertiary/aromatic N) is 6. The highest BCUT2D eigenvalue weighted by atomic mass is 16.7. The zero-order valence-electron chi connectivity index (χ0n) is 32.1. The molecule has 3 aliphatic heterocycles. The number of likely N-dealkylation sites (N-methyl/N-ethyl adjacent to an activating group) is 2. The van der Waals surface area contributed by atoms with Gasteiger partial charge in [0, 0.05) is 71.6 Å². The lowest BCUT2D eigenvalue weighted by Gasteiger charge is -2.47. The molecular formula is C36H62N6O8. The first-order valence-corrected chi connectivity index (χ1v) is 18.0. The summed E-state index contributed by atoms with van der Waals surface area (Å²) in [5, 5.41) is 11.4. The number of rotatable bonds is 7. The van der Waals surface area contributed by atoms with Gasteiger partial charge >= 0.3 is 5.97 Å². The Morgan fingerprint density at radius 2 is 1.76 bits per heavy atom. The average Bonchev–Trinajstić information content (AvgIpc) is 3.51. The van der Waals surface area contributed by atoms with Gasteiger partial charge in [0.25, 0.3) is 5.91 Å². The highest BCUT2D eigenvalue weighted by Crippen LogP contribution is 2.38. The number of cyclic esters (lactones) is 1. The zero-order valence-corrected chi connectivity index (χ0v) is 32.1. The molecule has 1 amide bonds. The van der Waals surface area contributed by atoms with Crippen LogP contribution in [0.25, 0.3) is 0 Å². The van der Waals surface area contributed by atoms with E-state index in [0.717, 1.165) is 0 Å². The minimum atomic E-state index is -1.47. The number of hydrogen-bond acceptors (Lipinski definition) is 12. The molecule has 1 aromatic heterocycles. The third kappa shape index (κ3) is 9.12. The van der Waals surface area contributed by atoms with Crippen LogP contribution >= 0.6 is 0 Å². The summed E-state index contributed by atoms with van der Waals surface area (Å²) < 4.78 is 26.7. The summed E-state index contributed by atoms with van der Waals surface area (Å²) in [6, 6.07) is -0.349. The van der Waals surface area contributed by atoms with Crippen LogP contribution in [0.3, 0.4) is 0 Å². The number of aromatic nitrogens is 2. The Morgan fingerprint density at radius 1 is 1.10 bits per heavy atom. The van der Waals surface area contributed by atoms with Gasteiger partial charge in [-0.2, -0.15) is 0 Å². The van der Waals surface area contributed by atoms with E-state index >= 15 is 0 Å². The second kappa shape index (κ2) is 16.5. The molecule has 284 valence electrons. The number of carbonyl (C=O) groups is 3. The van der Waals surface area contributed by atoms with Crippen LogP contribution in [0.4, 0.5) is 0 Å². The van der Waals surface area contributed by atoms with E-state index in [1.807, 2.05) is 51.8 Å². The number of ether oxygens (including phenoxy) is 4. The summed E-state index contributed by atoms with van der Waals surface area (Å²) in [5.41, 5.74) is -2.00. The van der Waals surface area contributed by atoms with Crippen LogP contribution in [0.1, 0.15) is 64.9 Å². The molecule has 14 heteroatoms. The monoisotopic (exact) mass is 706 g/mol. The Kier molecular flexibility index (Phi) is 13.3. The topological polar surface area (TPSA) is 139 Å². The van der Waals surface area contributed by atoms with E-state index in [9.17, 15) is 19.5 Å². The molecular weight excluding hydrogens is 644 g/mol. The van der Waals surface area contributed by atoms with Gasteiger partial charge in [0.1, 0.15) is 23.8 Å². The number of carbonyl (C=O) groups excluding carboxylic acids is 3. The minimum absolute atomic E-state index is 0.0756. The van der Waals surface area contributed by atoms with Gasteiger partial charge in [0.2, 0.25) is 0 Å². The summed E-state index contributed by atoms with van der Waals surface area (Å²) in [6.45, 7) is 14.9. The van der Waals surface area contributed by atoms with Crippen LogP contribution in [0, 0.1) is 17.3 Å². The van der Waals surface area contributed by atoms with Crippen molar-refractivity contribution in [1.29, 1.82) is 0 Å². The number of amides is 1. The Balaban J connectivity index is 1.54. The Bertz CT molecular complexity index is 1320. The molecule has 1 aromatic rings. The molecule has 3 saturated heterocycles. The van der Waals surface area contributed by atoms with Gasteiger partial charge in [-0.05, 0) is 67.6 Å². The maximum absolute atomic E-state index is 14.3. The second-order valence-corrected chi connectivity index (χ2v) is 15.9. The van der Waals surface area contributed by atoms with E-state index in [0.29, 0.717) is 57.8 Å². The van der Waals surface area contributed by atoms with Gasteiger partial charge < -0.3 is 38.4 Å². The lowest BCUT2D eigenvalue weighted by molar-refractivity contribution is -0.295. The number of aliphatic hydroxyl groups excluding tert-OH is 1. The normalized spacial score (nSPS) is 35.7. The highest BCUT2D eigenvalue weighted by molar-refractivity contribution is 6.04. The van der Waals surface area contributed by atoms with Crippen molar-refractivity contribution in [2.24, 2.45) is 24.3 Å². The zero-order chi connectivity index (χ0) is 37.1. The van der Waals surface area contributed by atoms with Crippen LogP contribution in [0.2, 0.25) is 0 Å². The molecule has 0 saturated carbocycles. The van der Waals surface area contributed by atoms with Gasteiger partial charge in [0.05, 0.1) is 30.2 Å². The van der Waals surface area contributed by atoms with Crippen molar-refractivity contribution in [3.63, 3.8) is 0 Å². The van der Waals surface area contributed by atoms with Gasteiger partial charge in [0.15, 0.2) is 12.1 Å². The summed E-state index contributed by atoms with van der Waals surface area (Å²) >= 11 is 0. The molecule has 0 aliphatic carbocycles. The predicted octanol–water partition coefficient (Wildman–Crippen LogP) is 1.51. The molecule has 3 fully saturated rings. The molecule has 0 radical (unpaired) electrons. The van der Waals surface area contributed by atoms with E-state index in [1.165, 1.54) is 0 Å². The van der Waals surface area contributed by atoms with Crippen LogP contribution in [-0.4, -0.2) is 168 Å². The number of hydrogen-bond donors (Lipinski definition) is 1. The third-order valence-electron chi connectivity index (χ3n) is 11.1. The number of Topliss-reactive ketones (excluding diaryl/α,β-unsaturated/α-hetero) is 1. The van der Waals surface area contributed by atoms with Gasteiger partial charge in [-0.25, -0.2) is 4.98 Å². The van der Waals surface area contributed by atoms with Crippen molar-refractivity contribution >= 4 is 17.7 Å². The number of piperazine rings is 1. The molecule has 0 spiro atoms. The van der Waals surface area contributed by atoms with Gasteiger partial charge in [-0.3, -0.25) is 24.2 Å². The highest BCUT2D eigenvalue weighted by Gasteiger charge is 2.51. The molecule has 50 heavy (non-hydrogen) atoms. The quantitative estimate of drug-likeness (QED) is 0.325. The van der Waals surface area contributed by atoms with Crippen molar-refractivity contribution in [3.05, 3.63) is 18.2 Å². The van der Waals surface area contributed by atoms with E-state index in [2.05, 4.69) is 21.7 Å². The first-order valence-electron chi connectivity index (χ1n) is 18.0. The molecule has 1 N–H and O–H groups in total. The molecule has 0 aromatic carbocycles. The van der Waals surface area contributed by atoms with E-state index < -0.39 is 41.4 Å². The van der Waals surface area contributed by atoms with Crippen molar-refractivity contribution in [1.82, 2.24) is 29.2 Å². The summed E-state index contributed by atoms with van der Waals surface area (Å²) in [4.78, 5) is 53.5. The van der Waals surface area contributed by atoms with Crippen LogP contribution in [0.15, 0.2) is 12.5 Å². The molecule has 0 bridgehead atoms. The summed E-state index contributed by atoms with van der Waals surface area (Å²) in [6.07, 6.45) is 1.58. The standard InChI is InChI=1S/C36H62N6O8/c1-23-17-36(6,47-11)31(50-33-29(43)28(38(7)8)16-24(2)49-33)25(3)30(44)35(4,5)34(46)48-21-26(40(10)18-23)19-41-12-14-42(15-13-41)32(45)27-20-39(9)22-37-27/h20,22-26,28-29,31,33,43H,12-19,21H2,1-11H3/t23-,24-,25+,26-,28+,29-,31-,33+,36-/m1/s1. The Morgan fingerprint density at radius 3 is 2.34 bits per heavy atom. The fraction of sp³-hybridized carbons (Fsp3) is 0.833. The Hall–Kier alpha value is -2.46. The molecule has 9 atom stereocenters. The van der Waals surface area contributed by atoms with E-state index in [1.54, 1.807) is 45.0 Å². The minimum Gasteiger partial charge on any atom is -0.463 e. The fourth-order valence-corrected chi connectivity index (χ4v) is 7.90. The van der Waals surface area contributed by atoms with Crippen molar-refractivity contribution in [3.8, 4) is 0 Å². The largest absolute Gasteiger partial charge is 0.463 e. The van der Waals surface area contributed by atoms with Crippen molar-refractivity contribution in [2.75, 3.05) is 74.1 Å². The SMILES string of the molecule is CO[C@]1(C)C[C@@H](C)CN(C)[C@H](CN2CCN(C(=O)c3cn(C)cn3)CC2)COC(=O)C(C)(C)C(=O)[C@H](C)[C@H]1O[C@@H]1O[C@H](C)C[C@H](N(C)C)[C@H]1O. The van der Waals surface area contributed by atoms with Crippen LogP contribution < -0.4 is 0 Å². The fourth-order valence-electron chi connectivity index (χ4n) is 7.90. The molecule has 0 unspecified atom stereocenters. The molecule has 14 nitrogen and oxygen atoms in total. The number of ketones is 1. The smallest absolute Gasteiger partial charge is 0.319 e. The molecule has 4 heterocycles. The van der Waals surface area contributed by atoms with Crippen LogP contribution in [-0.2, 0) is 35.6 Å². The summed E-state index contributed by atoms with van der Waals surface area (Å²) in [7, 11) is 9.32. The maximum atomic E-state index is 14.3. The third-order valence-corrected chi connectivity index (χ3v) is 11.1. The predicted molar refractivity (Wildman–Crippen MR) is 187 cm³/mol. The number of aryl methyl sites for hydroxylation is 1. The Labute approximate surface area is 298 Å². The van der Waals surface area contributed by atoms with Crippen LogP contribution in [0.5, 0.6) is 0 Å². The first kappa shape index (κ1) is 40.3. The number of esters is 1. The first-order chi connectivity index (χ1) is 23.4. The van der Waals surface area contributed by atoms with Gasteiger partial charge in [-0.15, -0.1) is 0 Å². The van der Waals surface area contributed by atoms with E-state index in [-0.39, 0.29) is 42.4 Å². The maximum Gasteiger partial charge on any atom is 0.319 e. The lowest BCUT2D eigenvalue weighted by atomic mass is 9.74. The number of aliphatic hydroxyl groups is 1. The average molecular weight is 707 g/mol.